The van der Waals surface area contributed by atoms with Crippen molar-refractivity contribution in [3.8, 4) is 5.75 Å². The molecule has 8 heteroatoms. The lowest BCUT2D eigenvalue weighted by Gasteiger charge is -2.04. The van der Waals surface area contributed by atoms with Gasteiger partial charge in [-0.3, -0.25) is 9.59 Å². The van der Waals surface area contributed by atoms with Crippen LogP contribution in [0.5, 0.6) is 5.75 Å². The van der Waals surface area contributed by atoms with Gasteiger partial charge >= 0.3 is 0 Å². The van der Waals surface area contributed by atoms with Gasteiger partial charge in [0.2, 0.25) is 11.8 Å². The Labute approximate surface area is 138 Å². The number of nitrogen functional groups attached to an aromatic ring is 2. The number of rotatable bonds is 3. The summed E-state index contributed by atoms with van der Waals surface area (Å²) in [5.74, 6) is -0.460. The number of benzene rings is 2. The Morgan fingerprint density at radius 3 is 1.78 bits per heavy atom. The number of hydrogen-bond acceptors (Lipinski definition) is 5. The average molecular weight is 337 g/mol. The second kappa shape index (κ2) is 7.90. The van der Waals surface area contributed by atoms with Gasteiger partial charge in [-0.05, 0) is 36.4 Å². The minimum absolute atomic E-state index is 0.364. The van der Waals surface area contributed by atoms with E-state index in [1.54, 1.807) is 12.1 Å². The maximum absolute atomic E-state index is 10.7. The molecule has 0 spiro atoms. The normalized spacial score (nSPS) is 9.48. The van der Waals surface area contributed by atoms with Crippen LogP contribution in [0.2, 0.25) is 5.02 Å². The van der Waals surface area contributed by atoms with Crippen LogP contribution in [0.15, 0.2) is 36.4 Å². The zero-order valence-corrected chi connectivity index (χ0v) is 13.1. The summed E-state index contributed by atoms with van der Waals surface area (Å²) in [5, 5.41) is 0.426. The van der Waals surface area contributed by atoms with Crippen molar-refractivity contribution in [2.75, 3.05) is 18.6 Å². The minimum Gasteiger partial charge on any atom is -0.495 e. The molecule has 0 aromatic heterocycles. The third-order valence-electron chi connectivity index (χ3n) is 2.79. The van der Waals surface area contributed by atoms with Gasteiger partial charge in [-0.25, -0.2) is 0 Å². The summed E-state index contributed by atoms with van der Waals surface area (Å²) in [6.45, 7) is 0. The van der Waals surface area contributed by atoms with E-state index in [0.717, 1.165) is 0 Å². The van der Waals surface area contributed by atoms with E-state index in [1.165, 1.54) is 31.4 Å². The van der Waals surface area contributed by atoms with Crippen LogP contribution in [0.4, 0.5) is 11.4 Å². The Morgan fingerprint density at radius 2 is 1.39 bits per heavy atom. The van der Waals surface area contributed by atoms with Crippen LogP contribution < -0.4 is 27.7 Å². The van der Waals surface area contributed by atoms with Crippen LogP contribution in [0.1, 0.15) is 20.7 Å². The molecule has 2 aromatic rings. The molecular weight excluding hydrogens is 320 g/mol. The van der Waals surface area contributed by atoms with Gasteiger partial charge < -0.3 is 27.7 Å². The summed E-state index contributed by atoms with van der Waals surface area (Å²) in [4.78, 5) is 21.3. The van der Waals surface area contributed by atoms with Gasteiger partial charge in [0, 0.05) is 11.1 Å². The minimum atomic E-state index is -0.506. The average Bonchev–Trinajstić information content (AvgIpc) is 2.50. The van der Waals surface area contributed by atoms with E-state index in [4.69, 9.17) is 39.3 Å². The first-order valence-corrected chi connectivity index (χ1v) is 6.72. The standard InChI is InChI=1S/C8H10N2O2.C7H7ClN2O/c1-12-7-3-2-5(8(10)11)4-6(7)9;8-5-2-1-4(7(10)11)3-6(5)9/h2-4H,9H2,1H3,(H2,10,11);1-3H,9H2,(H2,10,11). The Hall–Kier alpha value is -2.93. The van der Waals surface area contributed by atoms with E-state index in [9.17, 15) is 9.59 Å². The number of amides is 2. The van der Waals surface area contributed by atoms with Gasteiger partial charge in [-0.1, -0.05) is 11.6 Å². The largest absolute Gasteiger partial charge is 0.495 e. The molecule has 0 aliphatic carbocycles. The molecule has 23 heavy (non-hydrogen) atoms. The van der Waals surface area contributed by atoms with Crippen LogP contribution in [0.3, 0.4) is 0 Å². The molecular formula is C15H17ClN4O3. The van der Waals surface area contributed by atoms with E-state index < -0.39 is 11.8 Å². The molecule has 0 saturated carbocycles. The summed E-state index contributed by atoms with van der Waals surface area (Å²) >= 11 is 5.61. The number of hydrogen-bond donors (Lipinski definition) is 4. The summed E-state index contributed by atoms with van der Waals surface area (Å²) < 4.78 is 4.90. The second-order valence-electron chi connectivity index (χ2n) is 4.42. The van der Waals surface area contributed by atoms with Crippen LogP contribution in [0, 0.1) is 0 Å². The SMILES string of the molecule is COc1ccc(C(N)=O)cc1N.NC(=O)c1ccc(Cl)c(N)c1. The van der Waals surface area contributed by atoms with Crippen molar-refractivity contribution in [3.05, 3.63) is 52.5 Å². The van der Waals surface area contributed by atoms with Crippen LogP contribution in [-0.4, -0.2) is 18.9 Å². The molecule has 122 valence electrons. The van der Waals surface area contributed by atoms with Crippen molar-refractivity contribution in [2.45, 2.75) is 0 Å². The van der Waals surface area contributed by atoms with E-state index in [2.05, 4.69) is 0 Å². The fourth-order valence-corrected chi connectivity index (χ4v) is 1.70. The van der Waals surface area contributed by atoms with Crippen molar-refractivity contribution in [1.82, 2.24) is 0 Å². The fourth-order valence-electron chi connectivity index (χ4n) is 1.58. The zero-order valence-electron chi connectivity index (χ0n) is 12.4. The number of carbonyl (C=O) groups is 2. The number of ether oxygens (including phenoxy) is 1. The van der Waals surface area contributed by atoms with Crippen molar-refractivity contribution in [3.63, 3.8) is 0 Å². The lowest BCUT2D eigenvalue weighted by molar-refractivity contribution is 0.0992. The van der Waals surface area contributed by atoms with Gasteiger partial charge in [0.15, 0.2) is 0 Å². The van der Waals surface area contributed by atoms with Crippen LogP contribution in [-0.2, 0) is 0 Å². The number of halogens is 1. The molecule has 0 heterocycles. The fraction of sp³-hybridized carbons (Fsp3) is 0.0667. The Bertz CT molecular complexity index is 735. The smallest absolute Gasteiger partial charge is 0.248 e. The summed E-state index contributed by atoms with van der Waals surface area (Å²) in [7, 11) is 1.51. The first-order valence-electron chi connectivity index (χ1n) is 6.34. The van der Waals surface area contributed by atoms with E-state index >= 15 is 0 Å². The Morgan fingerprint density at radius 1 is 0.913 bits per heavy atom. The molecule has 2 aromatic carbocycles. The van der Waals surface area contributed by atoms with Crippen molar-refractivity contribution < 1.29 is 14.3 Å². The van der Waals surface area contributed by atoms with Crippen molar-refractivity contribution >= 4 is 34.8 Å². The highest BCUT2D eigenvalue weighted by Crippen LogP contribution is 2.21. The molecule has 0 atom stereocenters. The maximum Gasteiger partial charge on any atom is 0.248 e. The maximum atomic E-state index is 10.7. The number of carbonyl (C=O) groups excluding carboxylic acids is 2. The number of primary amides is 2. The summed E-state index contributed by atoms with van der Waals surface area (Å²) in [6, 6.07) is 9.18. The predicted molar refractivity (Wildman–Crippen MR) is 90.3 cm³/mol. The zero-order chi connectivity index (χ0) is 17.6. The van der Waals surface area contributed by atoms with E-state index in [-0.39, 0.29) is 0 Å². The van der Waals surface area contributed by atoms with Gasteiger partial charge in [0.05, 0.1) is 23.5 Å². The molecule has 0 bridgehead atoms. The van der Waals surface area contributed by atoms with E-state index in [1.807, 2.05) is 0 Å². The first kappa shape index (κ1) is 18.1. The third kappa shape index (κ3) is 5.08. The van der Waals surface area contributed by atoms with Crippen molar-refractivity contribution in [2.24, 2.45) is 11.5 Å². The lowest BCUT2D eigenvalue weighted by Crippen LogP contribution is -2.11. The van der Waals surface area contributed by atoms with Gasteiger partial charge in [-0.2, -0.15) is 0 Å². The van der Waals surface area contributed by atoms with E-state index in [0.29, 0.717) is 33.3 Å². The third-order valence-corrected chi connectivity index (χ3v) is 3.14. The first-order chi connectivity index (χ1) is 10.8. The molecule has 0 fully saturated rings. The molecule has 7 nitrogen and oxygen atoms in total. The van der Waals surface area contributed by atoms with Crippen LogP contribution >= 0.6 is 11.6 Å². The highest BCUT2D eigenvalue weighted by molar-refractivity contribution is 6.33. The molecule has 0 aliphatic rings. The Balaban J connectivity index is 0.000000231. The highest BCUT2D eigenvalue weighted by Gasteiger charge is 2.04. The molecule has 0 unspecified atom stereocenters. The second-order valence-corrected chi connectivity index (χ2v) is 4.83. The molecule has 0 saturated heterocycles. The topological polar surface area (TPSA) is 147 Å². The summed E-state index contributed by atoms with van der Waals surface area (Å²) in [6.07, 6.45) is 0. The van der Waals surface area contributed by atoms with Crippen LogP contribution in [0.25, 0.3) is 0 Å². The molecule has 0 radical (unpaired) electrons. The Kier molecular flexibility index (Phi) is 6.23. The quantitative estimate of drug-likeness (QED) is 0.625. The van der Waals surface area contributed by atoms with Gasteiger partial charge in [-0.15, -0.1) is 0 Å². The van der Waals surface area contributed by atoms with Crippen molar-refractivity contribution in [1.29, 1.82) is 0 Å². The number of nitrogens with two attached hydrogens (primary N) is 4. The monoisotopic (exact) mass is 336 g/mol. The molecule has 2 rings (SSSR count). The number of anilines is 2. The molecule has 0 aliphatic heterocycles. The van der Waals surface area contributed by atoms with Gasteiger partial charge in [0.1, 0.15) is 5.75 Å². The van der Waals surface area contributed by atoms with Gasteiger partial charge in [0.25, 0.3) is 0 Å². The molecule has 8 N–H and O–H groups in total. The predicted octanol–water partition coefficient (Wildman–Crippen LogP) is 1.40. The lowest BCUT2D eigenvalue weighted by atomic mass is 10.2. The summed E-state index contributed by atoms with van der Waals surface area (Å²) in [5.41, 5.74) is 22.5. The highest BCUT2D eigenvalue weighted by atomic mass is 35.5. The molecule has 2 amide bonds. The number of methoxy groups -OCH3 is 1.